The Hall–Kier alpha value is -2.08. The zero-order chi connectivity index (χ0) is 19.7. The van der Waals surface area contributed by atoms with Crippen LogP contribution in [0.4, 0.5) is 4.79 Å². The number of aliphatic hydroxyl groups is 1. The predicted molar refractivity (Wildman–Crippen MR) is 102 cm³/mol. The summed E-state index contributed by atoms with van der Waals surface area (Å²) in [6.07, 6.45) is 0.866. The number of hydrogen-bond donors (Lipinski definition) is 1. The van der Waals surface area contributed by atoms with Gasteiger partial charge in [0.1, 0.15) is 5.60 Å². The molecule has 3 rings (SSSR count). The molecule has 0 radical (unpaired) electrons. The third kappa shape index (κ3) is 4.61. The van der Waals surface area contributed by atoms with Crippen molar-refractivity contribution in [2.24, 2.45) is 0 Å². The first-order chi connectivity index (χ1) is 12.7. The highest BCUT2D eigenvalue weighted by Gasteiger charge is 2.42. The van der Waals surface area contributed by atoms with Gasteiger partial charge in [0.15, 0.2) is 0 Å². The summed E-state index contributed by atoms with van der Waals surface area (Å²) in [5.74, 6) is 0.00683. The standard InChI is InChI=1S/C21H30N2O4/c1-20(2,3)27-19(26)22-11-9-21(10-12-22,16-7-5-4-6-8-16)15-23-14-17(24)13-18(23)25/h4-8,17,24H,9-15H2,1-3H3. The minimum Gasteiger partial charge on any atom is -0.444 e. The molecule has 2 aliphatic rings. The van der Waals surface area contributed by atoms with Crippen molar-refractivity contribution < 1.29 is 19.4 Å². The zero-order valence-corrected chi connectivity index (χ0v) is 16.5. The molecule has 1 aromatic carbocycles. The second-order valence-electron chi connectivity index (χ2n) is 8.75. The third-order valence-corrected chi connectivity index (χ3v) is 5.45. The molecule has 1 N–H and O–H groups in total. The Bertz CT molecular complexity index is 675. The van der Waals surface area contributed by atoms with Crippen molar-refractivity contribution in [3.63, 3.8) is 0 Å². The van der Waals surface area contributed by atoms with Gasteiger partial charge in [-0.25, -0.2) is 4.79 Å². The molecule has 0 saturated carbocycles. The molecule has 2 amide bonds. The Morgan fingerprint density at radius 2 is 1.85 bits per heavy atom. The smallest absolute Gasteiger partial charge is 0.410 e. The number of hydrogen-bond acceptors (Lipinski definition) is 4. The van der Waals surface area contributed by atoms with Crippen LogP contribution in [0.15, 0.2) is 30.3 Å². The maximum Gasteiger partial charge on any atom is 0.410 e. The molecule has 2 saturated heterocycles. The number of benzene rings is 1. The van der Waals surface area contributed by atoms with Crippen LogP contribution >= 0.6 is 0 Å². The summed E-state index contributed by atoms with van der Waals surface area (Å²) in [5.41, 5.74) is 0.464. The van der Waals surface area contributed by atoms with E-state index in [9.17, 15) is 14.7 Å². The molecular weight excluding hydrogens is 344 g/mol. The molecule has 1 unspecified atom stereocenters. The lowest BCUT2D eigenvalue weighted by atomic mass is 9.72. The quantitative estimate of drug-likeness (QED) is 0.883. The zero-order valence-electron chi connectivity index (χ0n) is 16.5. The van der Waals surface area contributed by atoms with Gasteiger partial charge in [-0.1, -0.05) is 30.3 Å². The number of rotatable bonds is 3. The number of β-amino-alcohol motifs (C(OH)–C–C–N with tert-alkyl or cyclic N) is 1. The predicted octanol–water partition coefficient (Wildman–Crippen LogP) is 2.55. The summed E-state index contributed by atoms with van der Waals surface area (Å²) in [4.78, 5) is 28.2. The van der Waals surface area contributed by atoms with Crippen LogP contribution in [0.5, 0.6) is 0 Å². The van der Waals surface area contributed by atoms with E-state index in [1.54, 1.807) is 9.80 Å². The Balaban J connectivity index is 1.76. The molecule has 0 bridgehead atoms. The fourth-order valence-electron chi connectivity index (χ4n) is 4.04. The largest absolute Gasteiger partial charge is 0.444 e. The first-order valence-electron chi connectivity index (χ1n) is 9.68. The molecule has 0 spiro atoms. The Morgan fingerprint density at radius 3 is 2.37 bits per heavy atom. The number of aliphatic hydroxyl groups excluding tert-OH is 1. The van der Waals surface area contributed by atoms with E-state index in [0.29, 0.717) is 26.2 Å². The van der Waals surface area contributed by atoms with Gasteiger partial charge in [-0.05, 0) is 39.2 Å². The molecule has 6 nitrogen and oxygen atoms in total. The number of piperidine rings is 1. The maximum absolute atomic E-state index is 12.4. The number of amides is 2. The Morgan fingerprint density at radius 1 is 1.22 bits per heavy atom. The first kappa shape index (κ1) is 19.7. The van der Waals surface area contributed by atoms with Crippen LogP contribution in [0.25, 0.3) is 0 Å². The third-order valence-electron chi connectivity index (χ3n) is 5.45. The minimum absolute atomic E-state index is 0.00683. The minimum atomic E-state index is -0.577. The second kappa shape index (κ2) is 7.50. The summed E-state index contributed by atoms with van der Waals surface area (Å²) < 4.78 is 5.51. The van der Waals surface area contributed by atoms with E-state index < -0.39 is 11.7 Å². The van der Waals surface area contributed by atoms with Crippen LogP contribution in [0.2, 0.25) is 0 Å². The van der Waals surface area contributed by atoms with Crippen molar-refractivity contribution in [2.75, 3.05) is 26.2 Å². The average molecular weight is 374 g/mol. The van der Waals surface area contributed by atoms with E-state index in [1.165, 1.54) is 5.56 Å². The van der Waals surface area contributed by atoms with Crippen LogP contribution in [0, 0.1) is 0 Å². The molecular formula is C21H30N2O4. The van der Waals surface area contributed by atoms with Crippen molar-refractivity contribution in [1.29, 1.82) is 0 Å². The van der Waals surface area contributed by atoms with Gasteiger partial charge in [-0.3, -0.25) is 4.79 Å². The molecule has 2 aliphatic heterocycles. The van der Waals surface area contributed by atoms with Crippen LogP contribution in [-0.4, -0.2) is 64.8 Å². The molecule has 0 aromatic heterocycles. The summed E-state index contributed by atoms with van der Waals surface area (Å²) in [6, 6.07) is 10.2. The van der Waals surface area contributed by atoms with Gasteiger partial charge >= 0.3 is 6.09 Å². The van der Waals surface area contributed by atoms with Crippen molar-refractivity contribution in [3.05, 3.63) is 35.9 Å². The molecule has 1 aromatic rings. The van der Waals surface area contributed by atoms with E-state index in [-0.39, 0.29) is 23.8 Å². The highest BCUT2D eigenvalue weighted by Crippen LogP contribution is 2.37. The number of carbonyl (C=O) groups is 2. The Kier molecular flexibility index (Phi) is 5.47. The van der Waals surface area contributed by atoms with Crippen LogP contribution in [-0.2, 0) is 14.9 Å². The molecule has 27 heavy (non-hydrogen) atoms. The van der Waals surface area contributed by atoms with Crippen LogP contribution in [0.1, 0.15) is 45.6 Å². The van der Waals surface area contributed by atoms with Gasteiger partial charge in [0.25, 0.3) is 0 Å². The summed E-state index contributed by atoms with van der Waals surface area (Å²) in [5, 5.41) is 9.85. The SMILES string of the molecule is CC(C)(C)OC(=O)N1CCC(CN2CC(O)CC2=O)(c2ccccc2)CC1. The fraction of sp³-hybridized carbons (Fsp3) is 0.619. The lowest BCUT2D eigenvalue weighted by Crippen LogP contribution is -2.51. The summed E-state index contributed by atoms with van der Waals surface area (Å²) in [6.45, 7) is 7.76. The summed E-state index contributed by atoms with van der Waals surface area (Å²) in [7, 11) is 0. The van der Waals surface area contributed by atoms with E-state index in [4.69, 9.17) is 4.74 Å². The van der Waals surface area contributed by atoms with E-state index in [2.05, 4.69) is 12.1 Å². The van der Waals surface area contributed by atoms with Crippen molar-refractivity contribution >= 4 is 12.0 Å². The molecule has 1 atom stereocenters. The van der Waals surface area contributed by atoms with Gasteiger partial charge < -0.3 is 19.6 Å². The lowest BCUT2D eigenvalue weighted by Gasteiger charge is -2.44. The first-order valence-corrected chi connectivity index (χ1v) is 9.68. The lowest BCUT2D eigenvalue weighted by molar-refractivity contribution is -0.128. The number of ether oxygens (including phenoxy) is 1. The number of nitrogens with zero attached hydrogens (tertiary/aromatic N) is 2. The Labute approximate surface area is 161 Å². The van der Waals surface area contributed by atoms with Gasteiger partial charge in [0, 0.05) is 31.6 Å². The van der Waals surface area contributed by atoms with E-state index in [0.717, 1.165) is 12.8 Å². The summed E-state index contributed by atoms with van der Waals surface area (Å²) >= 11 is 0. The average Bonchev–Trinajstić information content (AvgIpc) is 2.92. The number of likely N-dealkylation sites (tertiary alicyclic amines) is 2. The molecule has 6 heteroatoms. The molecule has 148 valence electrons. The maximum atomic E-state index is 12.4. The van der Waals surface area contributed by atoms with E-state index >= 15 is 0 Å². The van der Waals surface area contributed by atoms with Gasteiger partial charge in [0.05, 0.1) is 12.5 Å². The molecule has 2 fully saturated rings. The van der Waals surface area contributed by atoms with Crippen LogP contribution < -0.4 is 0 Å². The fourth-order valence-corrected chi connectivity index (χ4v) is 4.04. The van der Waals surface area contributed by atoms with Crippen molar-refractivity contribution in [3.8, 4) is 0 Å². The van der Waals surface area contributed by atoms with Gasteiger partial charge in [0.2, 0.25) is 5.91 Å². The monoisotopic (exact) mass is 374 g/mol. The van der Waals surface area contributed by atoms with Crippen molar-refractivity contribution in [1.82, 2.24) is 9.80 Å². The van der Waals surface area contributed by atoms with Crippen LogP contribution in [0.3, 0.4) is 0 Å². The van der Waals surface area contributed by atoms with Crippen molar-refractivity contribution in [2.45, 2.75) is 57.2 Å². The van der Waals surface area contributed by atoms with Gasteiger partial charge in [-0.2, -0.15) is 0 Å². The topological polar surface area (TPSA) is 70.1 Å². The highest BCUT2D eigenvalue weighted by atomic mass is 16.6. The van der Waals surface area contributed by atoms with Gasteiger partial charge in [-0.15, -0.1) is 0 Å². The normalized spacial score (nSPS) is 22.8. The van der Waals surface area contributed by atoms with E-state index in [1.807, 2.05) is 39.0 Å². The molecule has 2 heterocycles. The number of carbonyl (C=O) groups excluding carboxylic acids is 2. The second-order valence-corrected chi connectivity index (χ2v) is 8.75. The highest BCUT2D eigenvalue weighted by molar-refractivity contribution is 5.79. The molecule has 0 aliphatic carbocycles.